The molecule has 100 valence electrons. The van der Waals surface area contributed by atoms with E-state index in [2.05, 4.69) is 53.7 Å². The van der Waals surface area contributed by atoms with Gasteiger partial charge in [-0.15, -0.1) is 0 Å². The average molecular weight is 326 g/mol. The van der Waals surface area contributed by atoms with Crippen LogP contribution in [0, 0.1) is 6.92 Å². The zero-order valence-electron chi connectivity index (χ0n) is 11.6. The molecule has 3 rings (SSSR count). The summed E-state index contributed by atoms with van der Waals surface area (Å²) in [5.41, 5.74) is 15.1. The molecule has 2 heteroatoms. The van der Waals surface area contributed by atoms with Gasteiger partial charge in [-0.05, 0) is 77.1 Å². The minimum atomic E-state index is 0.827. The monoisotopic (exact) mass is 325 g/mol. The highest BCUT2D eigenvalue weighted by molar-refractivity contribution is 9.10. The summed E-state index contributed by atoms with van der Waals surface area (Å²) in [7, 11) is 0. The lowest BCUT2D eigenvalue weighted by atomic mass is 9.98. The first-order chi connectivity index (χ1) is 9.49. The van der Waals surface area contributed by atoms with Gasteiger partial charge in [-0.3, -0.25) is 0 Å². The SMILES string of the molecule is C=C1C(c2cccc(Br)c2)=C(C)c2cc(C)c(N)cc21. The summed E-state index contributed by atoms with van der Waals surface area (Å²) >= 11 is 3.54. The van der Waals surface area contributed by atoms with Crippen molar-refractivity contribution >= 4 is 38.3 Å². The number of rotatable bonds is 1. The van der Waals surface area contributed by atoms with E-state index in [1.807, 2.05) is 19.1 Å². The quantitative estimate of drug-likeness (QED) is 0.707. The van der Waals surface area contributed by atoms with Crippen molar-refractivity contribution in [2.45, 2.75) is 13.8 Å². The molecule has 1 aliphatic rings. The Bertz CT molecular complexity index is 769. The van der Waals surface area contributed by atoms with E-state index in [4.69, 9.17) is 5.73 Å². The van der Waals surface area contributed by atoms with E-state index >= 15 is 0 Å². The van der Waals surface area contributed by atoms with Crippen LogP contribution in [0.25, 0.3) is 16.7 Å². The molecule has 0 bridgehead atoms. The van der Waals surface area contributed by atoms with Gasteiger partial charge in [-0.1, -0.05) is 34.6 Å². The third kappa shape index (κ3) is 1.92. The van der Waals surface area contributed by atoms with E-state index in [0.29, 0.717) is 0 Å². The summed E-state index contributed by atoms with van der Waals surface area (Å²) in [4.78, 5) is 0. The van der Waals surface area contributed by atoms with Gasteiger partial charge in [0.15, 0.2) is 0 Å². The molecule has 2 N–H and O–H groups in total. The molecule has 0 atom stereocenters. The first-order valence-electron chi connectivity index (χ1n) is 6.56. The van der Waals surface area contributed by atoms with Crippen molar-refractivity contribution in [3.63, 3.8) is 0 Å². The lowest BCUT2D eigenvalue weighted by Crippen LogP contribution is -1.93. The second kappa shape index (κ2) is 4.64. The zero-order valence-corrected chi connectivity index (χ0v) is 13.2. The molecule has 0 radical (unpaired) electrons. The largest absolute Gasteiger partial charge is 0.398 e. The van der Waals surface area contributed by atoms with Crippen molar-refractivity contribution in [2.24, 2.45) is 0 Å². The normalized spacial score (nSPS) is 13.8. The maximum Gasteiger partial charge on any atom is 0.0350 e. The first kappa shape index (κ1) is 13.2. The van der Waals surface area contributed by atoms with Gasteiger partial charge < -0.3 is 5.73 Å². The summed E-state index contributed by atoms with van der Waals surface area (Å²) in [6, 6.07) is 12.5. The number of benzene rings is 2. The number of fused-ring (bicyclic) bond motifs is 1. The van der Waals surface area contributed by atoms with Gasteiger partial charge in [0, 0.05) is 10.2 Å². The van der Waals surface area contributed by atoms with Gasteiger partial charge in [0.2, 0.25) is 0 Å². The fraction of sp³-hybridized carbons (Fsp3) is 0.111. The van der Waals surface area contributed by atoms with Gasteiger partial charge in [-0.25, -0.2) is 0 Å². The minimum absolute atomic E-state index is 0.827. The van der Waals surface area contributed by atoms with Crippen molar-refractivity contribution in [1.82, 2.24) is 0 Å². The lowest BCUT2D eigenvalue weighted by Gasteiger charge is -2.08. The molecular weight excluding hydrogens is 310 g/mol. The van der Waals surface area contributed by atoms with Crippen LogP contribution in [0.15, 0.2) is 47.4 Å². The van der Waals surface area contributed by atoms with Crippen molar-refractivity contribution in [1.29, 1.82) is 0 Å². The van der Waals surface area contributed by atoms with E-state index in [-0.39, 0.29) is 0 Å². The molecule has 0 saturated carbocycles. The van der Waals surface area contributed by atoms with E-state index in [0.717, 1.165) is 26.9 Å². The number of aryl methyl sites for hydroxylation is 1. The third-order valence-electron chi connectivity index (χ3n) is 3.93. The maximum absolute atomic E-state index is 6.04. The smallest absolute Gasteiger partial charge is 0.0350 e. The van der Waals surface area contributed by atoms with Crippen molar-refractivity contribution in [3.8, 4) is 0 Å². The van der Waals surface area contributed by atoms with Crippen LogP contribution in [0.4, 0.5) is 5.69 Å². The van der Waals surface area contributed by atoms with Crippen LogP contribution in [0.2, 0.25) is 0 Å². The highest BCUT2D eigenvalue weighted by Gasteiger charge is 2.24. The Labute approximate surface area is 128 Å². The fourth-order valence-electron chi connectivity index (χ4n) is 2.82. The Morgan fingerprint density at radius 2 is 1.80 bits per heavy atom. The zero-order chi connectivity index (χ0) is 14.4. The number of nitrogens with two attached hydrogens (primary N) is 1. The molecular formula is C18H16BrN. The van der Waals surface area contributed by atoms with Crippen LogP contribution in [-0.2, 0) is 0 Å². The molecule has 1 nitrogen and oxygen atoms in total. The molecule has 0 heterocycles. The van der Waals surface area contributed by atoms with E-state index < -0.39 is 0 Å². The number of hydrogen-bond acceptors (Lipinski definition) is 1. The standard InChI is InChI=1S/C18H16BrN/c1-10-7-15-11(2)18(12(3)16(15)9-17(10)20)13-5-4-6-14(19)8-13/h4-9H,3,20H2,1-2H3. The van der Waals surface area contributed by atoms with Crippen LogP contribution in [-0.4, -0.2) is 0 Å². The maximum atomic E-state index is 6.04. The summed E-state index contributed by atoms with van der Waals surface area (Å²) < 4.78 is 1.08. The van der Waals surface area contributed by atoms with E-state index in [1.165, 1.54) is 22.3 Å². The number of hydrogen-bond donors (Lipinski definition) is 1. The summed E-state index contributed by atoms with van der Waals surface area (Å²) in [6.07, 6.45) is 0. The molecule has 2 aromatic rings. The minimum Gasteiger partial charge on any atom is -0.398 e. The summed E-state index contributed by atoms with van der Waals surface area (Å²) in [5.74, 6) is 0. The molecule has 0 aromatic heterocycles. The fourth-order valence-corrected chi connectivity index (χ4v) is 3.21. The Balaban J connectivity index is 2.22. The first-order valence-corrected chi connectivity index (χ1v) is 7.35. The highest BCUT2D eigenvalue weighted by atomic mass is 79.9. The van der Waals surface area contributed by atoms with E-state index in [9.17, 15) is 0 Å². The average Bonchev–Trinajstić information content (AvgIpc) is 2.63. The molecule has 0 aliphatic heterocycles. The highest BCUT2D eigenvalue weighted by Crippen LogP contribution is 2.46. The molecule has 0 saturated heterocycles. The summed E-state index contributed by atoms with van der Waals surface area (Å²) in [5, 5.41) is 0. The van der Waals surface area contributed by atoms with Gasteiger partial charge in [0.05, 0.1) is 0 Å². The molecule has 2 aromatic carbocycles. The number of allylic oxidation sites excluding steroid dienone is 3. The number of halogens is 1. The van der Waals surface area contributed by atoms with Crippen molar-refractivity contribution < 1.29 is 0 Å². The van der Waals surface area contributed by atoms with Gasteiger partial charge in [0.1, 0.15) is 0 Å². The van der Waals surface area contributed by atoms with Crippen LogP contribution < -0.4 is 5.73 Å². The van der Waals surface area contributed by atoms with Crippen LogP contribution in [0.3, 0.4) is 0 Å². The Hall–Kier alpha value is -1.80. The van der Waals surface area contributed by atoms with Crippen LogP contribution >= 0.6 is 15.9 Å². The predicted octanol–water partition coefficient (Wildman–Crippen LogP) is 5.30. The molecule has 1 aliphatic carbocycles. The molecule has 0 unspecified atom stereocenters. The summed E-state index contributed by atoms with van der Waals surface area (Å²) in [6.45, 7) is 8.48. The third-order valence-corrected chi connectivity index (χ3v) is 4.42. The van der Waals surface area contributed by atoms with E-state index in [1.54, 1.807) is 0 Å². The van der Waals surface area contributed by atoms with Gasteiger partial charge in [0.25, 0.3) is 0 Å². The van der Waals surface area contributed by atoms with Crippen LogP contribution in [0.5, 0.6) is 0 Å². The molecule has 0 spiro atoms. The predicted molar refractivity (Wildman–Crippen MR) is 91.3 cm³/mol. The van der Waals surface area contributed by atoms with Gasteiger partial charge in [-0.2, -0.15) is 0 Å². The molecule has 0 amide bonds. The molecule has 0 fully saturated rings. The number of anilines is 1. The topological polar surface area (TPSA) is 26.0 Å². The Morgan fingerprint density at radius 3 is 2.50 bits per heavy atom. The van der Waals surface area contributed by atoms with Crippen molar-refractivity contribution in [3.05, 3.63) is 69.7 Å². The van der Waals surface area contributed by atoms with Gasteiger partial charge >= 0.3 is 0 Å². The molecule has 20 heavy (non-hydrogen) atoms. The second-order valence-electron chi connectivity index (χ2n) is 5.24. The lowest BCUT2D eigenvalue weighted by molar-refractivity contribution is 1.43. The van der Waals surface area contributed by atoms with Crippen molar-refractivity contribution in [2.75, 3.05) is 5.73 Å². The number of nitrogen functional groups attached to an aromatic ring is 1. The van der Waals surface area contributed by atoms with Crippen LogP contribution in [0.1, 0.15) is 29.2 Å². The Morgan fingerprint density at radius 1 is 1.05 bits per heavy atom. The Kier molecular flexibility index (Phi) is 3.06. The second-order valence-corrected chi connectivity index (χ2v) is 6.16.